The van der Waals surface area contributed by atoms with Crippen LogP contribution in [0.1, 0.15) is 39.5 Å². The molecular weight excluding hydrogens is 174 g/mol. The summed E-state index contributed by atoms with van der Waals surface area (Å²) in [6, 6.07) is 0. The van der Waals surface area contributed by atoms with Gasteiger partial charge in [0.15, 0.2) is 0 Å². The van der Waals surface area contributed by atoms with Crippen molar-refractivity contribution in [3.8, 4) is 0 Å². The second-order valence-electron chi connectivity index (χ2n) is 4.27. The third-order valence-electron chi connectivity index (χ3n) is 3.12. The van der Waals surface area contributed by atoms with E-state index in [1.807, 2.05) is 0 Å². The fourth-order valence-electron chi connectivity index (χ4n) is 2.21. The standard InChI is InChI=1S/C12H25NO/c1-3-8-13-9-5-12(6-10-13)7-11-14-4-2/h12H,3-11H2,1-2H3. The molecule has 0 N–H and O–H groups in total. The molecule has 1 aliphatic rings. The minimum Gasteiger partial charge on any atom is -0.382 e. The molecule has 0 amide bonds. The van der Waals surface area contributed by atoms with Gasteiger partial charge in [0, 0.05) is 13.2 Å². The number of hydrogen-bond acceptors (Lipinski definition) is 2. The van der Waals surface area contributed by atoms with Gasteiger partial charge in [0.1, 0.15) is 0 Å². The molecule has 1 rings (SSSR count). The first-order valence-electron chi connectivity index (χ1n) is 6.16. The lowest BCUT2D eigenvalue weighted by Crippen LogP contribution is -2.34. The molecule has 1 fully saturated rings. The van der Waals surface area contributed by atoms with Crippen LogP contribution >= 0.6 is 0 Å². The monoisotopic (exact) mass is 199 g/mol. The fourth-order valence-corrected chi connectivity index (χ4v) is 2.21. The molecule has 0 bridgehead atoms. The molecule has 0 aromatic carbocycles. The van der Waals surface area contributed by atoms with Crippen molar-refractivity contribution in [3.63, 3.8) is 0 Å². The Morgan fingerprint density at radius 3 is 2.50 bits per heavy atom. The van der Waals surface area contributed by atoms with E-state index < -0.39 is 0 Å². The van der Waals surface area contributed by atoms with Crippen LogP contribution < -0.4 is 0 Å². The largest absolute Gasteiger partial charge is 0.382 e. The maximum Gasteiger partial charge on any atom is 0.0468 e. The van der Waals surface area contributed by atoms with Crippen LogP contribution in [-0.2, 0) is 4.74 Å². The summed E-state index contributed by atoms with van der Waals surface area (Å²) >= 11 is 0. The zero-order valence-corrected chi connectivity index (χ0v) is 9.80. The van der Waals surface area contributed by atoms with Crippen molar-refractivity contribution >= 4 is 0 Å². The molecule has 0 unspecified atom stereocenters. The van der Waals surface area contributed by atoms with Gasteiger partial charge in [-0.15, -0.1) is 0 Å². The maximum absolute atomic E-state index is 5.40. The van der Waals surface area contributed by atoms with Gasteiger partial charge in [0.25, 0.3) is 0 Å². The van der Waals surface area contributed by atoms with E-state index >= 15 is 0 Å². The van der Waals surface area contributed by atoms with Crippen LogP contribution in [0.2, 0.25) is 0 Å². The van der Waals surface area contributed by atoms with E-state index in [-0.39, 0.29) is 0 Å². The highest BCUT2D eigenvalue weighted by atomic mass is 16.5. The Morgan fingerprint density at radius 2 is 1.93 bits per heavy atom. The van der Waals surface area contributed by atoms with E-state index in [1.165, 1.54) is 45.3 Å². The van der Waals surface area contributed by atoms with Gasteiger partial charge in [-0.05, 0) is 58.2 Å². The van der Waals surface area contributed by atoms with Gasteiger partial charge in [-0.3, -0.25) is 0 Å². The number of rotatable bonds is 6. The molecule has 84 valence electrons. The molecule has 0 aliphatic carbocycles. The number of piperidine rings is 1. The molecular formula is C12H25NO. The zero-order chi connectivity index (χ0) is 10.2. The molecule has 0 radical (unpaired) electrons. The zero-order valence-electron chi connectivity index (χ0n) is 9.80. The lowest BCUT2D eigenvalue weighted by atomic mass is 9.94. The van der Waals surface area contributed by atoms with Crippen molar-refractivity contribution in [1.82, 2.24) is 4.90 Å². The molecule has 1 heterocycles. The first-order valence-corrected chi connectivity index (χ1v) is 6.16. The van der Waals surface area contributed by atoms with E-state index in [4.69, 9.17) is 4.74 Å². The van der Waals surface area contributed by atoms with Crippen LogP contribution in [0.5, 0.6) is 0 Å². The second kappa shape index (κ2) is 7.24. The van der Waals surface area contributed by atoms with E-state index in [0.717, 1.165) is 19.1 Å². The Balaban J connectivity index is 2.03. The maximum atomic E-state index is 5.40. The highest BCUT2D eigenvalue weighted by molar-refractivity contribution is 4.71. The Bertz CT molecular complexity index is 130. The van der Waals surface area contributed by atoms with Crippen LogP contribution in [-0.4, -0.2) is 37.7 Å². The summed E-state index contributed by atoms with van der Waals surface area (Å²) in [7, 11) is 0. The molecule has 2 heteroatoms. The predicted molar refractivity (Wildman–Crippen MR) is 60.6 cm³/mol. The van der Waals surface area contributed by atoms with Gasteiger partial charge < -0.3 is 9.64 Å². The van der Waals surface area contributed by atoms with E-state index in [2.05, 4.69) is 18.7 Å². The third-order valence-corrected chi connectivity index (χ3v) is 3.12. The fraction of sp³-hybridized carbons (Fsp3) is 1.00. The molecule has 1 saturated heterocycles. The summed E-state index contributed by atoms with van der Waals surface area (Å²) in [6.45, 7) is 10.1. The van der Waals surface area contributed by atoms with Crippen LogP contribution in [0, 0.1) is 5.92 Å². The molecule has 0 atom stereocenters. The summed E-state index contributed by atoms with van der Waals surface area (Å²) in [6.07, 6.45) is 5.33. The molecule has 0 spiro atoms. The molecule has 0 aromatic heterocycles. The van der Waals surface area contributed by atoms with E-state index in [1.54, 1.807) is 0 Å². The van der Waals surface area contributed by atoms with Gasteiger partial charge in [-0.2, -0.15) is 0 Å². The number of ether oxygens (including phenoxy) is 1. The summed E-state index contributed by atoms with van der Waals surface area (Å²) in [4.78, 5) is 2.59. The Kier molecular flexibility index (Phi) is 6.20. The predicted octanol–water partition coefficient (Wildman–Crippen LogP) is 2.54. The summed E-state index contributed by atoms with van der Waals surface area (Å²) in [5, 5.41) is 0. The van der Waals surface area contributed by atoms with Gasteiger partial charge >= 0.3 is 0 Å². The second-order valence-corrected chi connectivity index (χ2v) is 4.27. The summed E-state index contributed by atoms with van der Waals surface area (Å²) in [5.74, 6) is 0.926. The van der Waals surface area contributed by atoms with Crippen LogP contribution in [0.4, 0.5) is 0 Å². The highest BCUT2D eigenvalue weighted by Gasteiger charge is 2.17. The average Bonchev–Trinajstić information content (AvgIpc) is 2.21. The molecule has 14 heavy (non-hydrogen) atoms. The summed E-state index contributed by atoms with van der Waals surface area (Å²) in [5.41, 5.74) is 0. The lowest BCUT2D eigenvalue weighted by Gasteiger charge is -2.31. The Labute approximate surface area is 88.6 Å². The van der Waals surface area contributed by atoms with Crippen molar-refractivity contribution in [2.45, 2.75) is 39.5 Å². The number of hydrogen-bond donors (Lipinski definition) is 0. The lowest BCUT2D eigenvalue weighted by molar-refractivity contribution is 0.110. The van der Waals surface area contributed by atoms with Crippen molar-refractivity contribution < 1.29 is 4.74 Å². The molecule has 0 saturated carbocycles. The number of likely N-dealkylation sites (tertiary alicyclic amines) is 1. The van der Waals surface area contributed by atoms with Gasteiger partial charge in [0.2, 0.25) is 0 Å². The minimum absolute atomic E-state index is 0.870. The van der Waals surface area contributed by atoms with Crippen LogP contribution in [0.25, 0.3) is 0 Å². The van der Waals surface area contributed by atoms with E-state index in [0.29, 0.717) is 0 Å². The Hall–Kier alpha value is -0.0800. The smallest absolute Gasteiger partial charge is 0.0468 e. The van der Waals surface area contributed by atoms with Gasteiger partial charge in [-0.25, -0.2) is 0 Å². The summed E-state index contributed by atoms with van der Waals surface area (Å²) < 4.78 is 5.40. The first kappa shape index (κ1) is 12.0. The van der Waals surface area contributed by atoms with Crippen LogP contribution in [0.3, 0.4) is 0 Å². The highest BCUT2D eigenvalue weighted by Crippen LogP contribution is 2.20. The molecule has 0 aromatic rings. The van der Waals surface area contributed by atoms with Crippen molar-refractivity contribution in [2.75, 3.05) is 32.8 Å². The van der Waals surface area contributed by atoms with Gasteiger partial charge in [-0.1, -0.05) is 6.92 Å². The van der Waals surface area contributed by atoms with Crippen molar-refractivity contribution in [3.05, 3.63) is 0 Å². The first-order chi connectivity index (χ1) is 6.86. The number of nitrogens with zero attached hydrogens (tertiary/aromatic N) is 1. The van der Waals surface area contributed by atoms with Crippen molar-refractivity contribution in [2.24, 2.45) is 5.92 Å². The van der Waals surface area contributed by atoms with E-state index in [9.17, 15) is 0 Å². The normalized spacial score (nSPS) is 20.1. The molecule has 2 nitrogen and oxygen atoms in total. The van der Waals surface area contributed by atoms with Crippen molar-refractivity contribution in [1.29, 1.82) is 0 Å². The third kappa shape index (κ3) is 4.43. The average molecular weight is 199 g/mol. The topological polar surface area (TPSA) is 12.5 Å². The minimum atomic E-state index is 0.870. The Morgan fingerprint density at radius 1 is 1.21 bits per heavy atom. The van der Waals surface area contributed by atoms with Crippen LogP contribution in [0.15, 0.2) is 0 Å². The SMILES string of the molecule is CCCN1CCC(CCOCC)CC1. The molecule has 1 aliphatic heterocycles. The quantitative estimate of drug-likeness (QED) is 0.610. The van der Waals surface area contributed by atoms with Gasteiger partial charge in [0.05, 0.1) is 0 Å².